The van der Waals surface area contributed by atoms with Gasteiger partial charge in [-0.3, -0.25) is 0 Å². The summed E-state index contributed by atoms with van der Waals surface area (Å²) in [7, 11) is 1.95. The Morgan fingerprint density at radius 2 is 2.24 bits per heavy atom. The normalized spacial score (nSPS) is 10.2. The molecule has 0 bridgehead atoms. The van der Waals surface area contributed by atoms with E-state index >= 15 is 0 Å². The standard InChI is InChI=1S/C11H15N5O/c1-3-17-11-6-9(14-8-15-11)13-7-10-12-4-5-16(10)2/h4-6,8H,3,7H2,1-2H3,(H,13,14,15). The van der Waals surface area contributed by atoms with Crippen LogP contribution in [-0.2, 0) is 13.6 Å². The second kappa shape index (κ2) is 5.29. The maximum absolute atomic E-state index is 5.30. The minimum Gasteiger partial charge on any atom is -0.478 e. The van der Waals surface area contributed by atoms with Crippen molar-refractivity contribution in [3.63, 3.8) is 0 Å². The van der Waals surface area contributed by atoms with Crippen LogP contribution >= 0.6 is 0 Å². The Labute approximate surface area is 99.7 Å². The molecule has 0 saturated carbocycles. The summed E-state index contributed by atoms with van der Waals surface area (Å²) < 4.78 is 7.25. The van der Waals surface area contributed by atoms with Gasteiger partial charge in [0.2, 0.25) is 5.88 Å². The summed E-state index contributed by atoms with van der Waals surface area (Å²) in [5, 5.41) is 3.17. The van der Waals surface area contributed by atoms with Crippen LogP contribution in [0, 0.1) is 0 Å². The van der Waals surface area contributed by atoms with E-state index in [0.29, 0.717) is 19.0 Å². The first-order chi connectivity index (χ1) is 8.29. The lowest BCUT2D eigenvalue weighted by molar-refractivity contribution is 0.326. The molecule has 0 aliphatic carbocycles. The lowest BCUT2D eigenvalue weighted by Crippen LogP contribution is -2.07. The number of imidazole rings is 1. The van der Waals surface area contributed by atoms with Crippen molar-refractivity contribution >= 4 is 5.82 Å². The van der Waals surface area contributed by atoms with Crippen molar-refractivity contribution in [2.75, 3.05) is 11.9 Å². The fraction of sp³-hybridized carbons (Fsp3) is 0.364. The highest BCUT2D eigenvalue weighted by Crippen LogP contribution is 2.11. The van der Waals surface area contributed by atoms with Gasteiger partial charge in [-0.15, -0.1) is 0 Å². The van der Waals surface area contributed by atoms with Gasteiger partial charge in [0.05, 0.1) is 13.2 Å². The summed E-state index contributed by atoms with van der Waals surface area (Å²) in [6, 6.07) is 1.77. The molecule has 0 spiro atoms. The molecule has 0 aliphatic heterocycles. The molecule has 0 aromatic carbocycles. The molecule has 0 atom stereocenters. The molecule has 2 heterocycles. The molecule has 6 nitrogen and oxygen atoms in total. The van der Waals surface area contributed by atoms with Crippen molar-refractivity contribution in [2.45, 2.75) is 13.5 Å². The minimum atomic E-state index is 0.574. The molecule has 0 unspecified atom stereocenters. The van der Waals surface area contributed by atoms with E-state index in [0.717, 1.165) is 11.6 Å². The quantitative estimate of drug-likeness (QED) is 0.841. The zero-order valence-corrected chi connectivity index (χ0v) is 9.92. The molecule has 0 saturated heterocycles. The first-order valence-electron chi connectivity index (χ1n) is 5.44. The number of nitrogens with zero attached hydrogens (tertiary/aromatic N) is 4. The van der Waals surface area contributed by atoms with Gasteiger partial charge < -0.3 is 14.6 Å². The van der Waals surface area contributed by atoms with Crippen LogP contribution in [0.2, 0.25) is 0 Å². The van der Waals surface area contributed by atoms with Gasteiger partial charge in [0.15, 0.2) is 0 Å². The molecule has 0 amide bonds. The first kappa shape index (κ1) is 11.4. The van der Waals surface area contributed by atoms with Gasteiger partial charge in [-0.1, -0.05) is 0 Å². The summed E-state index contributed by atoms with van der Waals surface area (Å²) in [6.07, 6.45) is 5.15. The van der Waals surface area contributed by atoms with Crippen LogP contribution in [0.25, 0.3) is 0 Å². The van der Waals surface area contributed by atoms with Crippen LogP contribution in [-0.4, -0.2) is 26.1 Å². The third-order valence-corrected chi connectivity index (χ3v) is 2.28. The van der Waals surface area contributed by atoms with Crippen molar-refractivity contribution in [3.8, 4) is 5.88 Å². The Kier molecular flexibility index (Phi) is 3.54. The molecule has 2 aromatic heterocycles. The number of ether oxygens (including phenoxy) is 1. The first-order valence-corrected chi connectivity index (χ1v) is 5.44. The average molecular weight is 233 g/mol. The van der Waals surface area contributed by atoms with Crippen LogP contribution in [0.5, 0.6) is 5.88 Å². The molecule has 0 radical (unpaired) electrons. The Hall–Kier alpha value is -2.11. The van der Waals surface area contributed by atoms with Gasteiger partial charge in [0.25, 0.3) is 0 Å². The Morgan fingerprint density at radius 3 is 2.94 bits per heavy atom. The highest BCUT2D eigenvalue weighted by molar-refractivity contribution is 5.37. The predicted molar refractivity (Wildman–Crippen MR) is 63.7 cm³/mol. The van der Waals surface area contributed by atoms with Gasteiger partial charge >= 0.3 is 0 Å². The van der Waals surface area contributed by atoms with Crippen LogP contribution in [0.15, 0.2) is 24.8 Å². The van der Waals surface area contributed by atoms with E-state index in [2.05, 4.69) is 20.3 Å². The second-order valence-corrected chi connectivity index (χ2v) is 3.48. The Morgan fingerprint density at radius 1 is 1.35 bits per heavy atom. The SMILES string of the molecule is CCOc1cc(NCc2nccn2C)ncn1. The molecule has 6 heteroatoms. The van der Waals surface area contributed by atoms with Gasteiger partial charge in [-0.05, 0) is 6.92 Å². The van der Waals surface area contributed by atoms with Gasteiger partial charge in [-0.2, -0.15) is 0 Å². The van der Waals surface area contributed by atoms with Crippen molar-refractivity contribution < 1.29 is 4.74 Å². The monoisotopic (exact) mass is 233 g/mol. The summed E-state index contributed by atoms with van der Waals surface area (Å²) in [4.78, 5) is 12.3. The van der Waals surface area contributed by atoms with Crippen molar-refractivity contribution in [1.29, 1.82) is 0 Å². The largest absolute Gasteiger partial charge is 0.478 e. The lowest BCUT2D eigenvalue weighted by Gasteiger charge is -2.07. The fourth-order valence-corrected chi connectivity index (χ4v) is 1.40. The molecule has 17 heavy (non-hydrogen) atoms. The van der Waals surface area contributed by atoms with E-state index in [1.54, 1.807) is 12.3 Å². The van der Waals surface area contributed by atoms with E-state index < -0.39 is 0 Å². The van der Waals surface area contributed by atoms with Crippen LogP contribution in [0.4, 0.5) is 5.82 Å². The number of hydrogen-bond acceptors (Lipinski definition) is 5. The number of aryl methyl sites for hydroxylation is 1. The zero-order chi connectivity index (χ0) is 12.1. The fourth-order valence-electron chi connectivity index (χ4n) is 1.40. The number of nitrogens with one attached hydrogen (secondary N) is 1. The van der Waals surface area contributed by atoms with E-state index in [4.69, 9.17) is 4.74 Å². The maximum atomic E-state index is 5.30. The summed E-state index contributed by atoms with van der Waals surface area (Å²) in [5.41, 5.74) is 0. The third-order valence-electron chi connectivity index (χ3n) is 2.28. The summed E-state index contributed by atoms with van der Waals surface area (Å²) in [6.45, 7) is 3.13. The van der Waals surface area contributed by atoms with Crippen LogP contribution in [0.1, 0.15) is 12.7 Å². The third kappa shape index (κ3) is 2.93. The van der Waals surface area contributed by atoms with E-state index in [-0.39, 0.29) is 0 Å². The van der Waals surface area contributed by atoms with E-state index in [9.17, 15) is 0 Å². The molecule has 2 rings (SSSR count). The molecular weight excluding hydrogens is 218 g/mol. The van der Waals surface area contributed by atoms with Gasteiger partial charge in [0.1, 0.15) is 18.0 Å². The van der Waals surface area contributed by atoms with Crippen molar-refractivity contribution in [3.05, 3.63) is 30.6 Å². The smallest absolute Gasteiger partial charge is 0.218 e. The molecule has 0 aliphatic rings. The molecule has 1 N–H and O–H groups in total. The van der Waals surface area contributed by atoms with E-state index in [1.165, 1.54) is 6.33 Å². The maximum Gasteiger partial charge on any atom is 0.218 e. The topological polar surface area (TPSA) is 64.9 Å². The average Bonchev–Trinajstić information content (AvgIpc) is 2.73. The molecule has 2 aromatic rings. The number of rotatable bonds is 5. The highest BCUT2D eigenvalue weighted by Gasteiger charge is 2.01. The summed E-state index contributed by atoms with van der Waals surface area (Å²) >= 11 is 0. The zero-order valence-electron chi connectivity index (χ0n) is 9.92. The number of hydrogen-bond donors (Lipinski definition) is 1. The van der Waals surface area contributed by atoms with E-state index in [1.807, 2.05) is 24.7 Å². The highest BCUT2D eigenvalue weighted by atomic mass is 16.5. The van der Waals surface area contributed by atoms with Crippen molar-refractivity contribution in [1.82, 2.24) is 19.5 Å². The molecular formula is C11H15N5O. The van der Waals surface area contributed by atoms with Crippen LogP contribution < -0.4 is 10.1 Å². The number of aromatic nitrogens is 4. The molecule has 0 fully saturated rings. The Balaban J connectivity index is 1.99. The van der Waals surface area contributed by atoms with Gasteiger partial charge in [-0.25, -0.2) is 15.0 Å². The second-order valence-electron chi connectivity index (χ2n) is 3.48. The van der Waals surface area contributed by atoms with Crippen molar-refractivity contribution in [2.24, 2.45) is 7.05 Å². The number of anilines is 1. The predicted octanol–water partition coefficient (Wildman–Crippen LogP) is 1.22. The molecule has 90 valence electrons. The summed E-state index contributed by atoms with van der Waals surface area (Å²) in [5.74, 6) is 2.25. The van der Waals surface area contributed by atoms with Gasteiger partial charge in [0, 0.05) is 25.5 Å². The minimum absolute atomic E-state index is 0.574. The lowest BCUT2D eigenvalue weighted by atomic mass is 10.5. The van der Waals surface area contributed by atoms with Crippen LogP contribution in [0.3, 0.4) is 0 Å². The Bertz CT molecular complexity index is 482.